The number of aliphatic hydroxyl groups is 2. The van der Waals surface area contributed by atoms with Crippen molar-refractivity contribution in [2.75, 3.05) is 33.4 Å². The lowest BCUT2D eigenvalue weighted by Crippen LogP contribution is -2.87. The molecule has 1 aliphatic heterocycles. The second kappa shape index (κ2) is 9.73. The van der Waals surface area contributed by atoms with Crippen molar-refractivity contribution in [3.05, 3.63) is 21.6 Å². The first kappa shape index (κ1) is 18.9. The molecule has 1 heterocycles. The number of aliphatic hydroxyl groups excluding tert-OH is 2. The SMILES string of the molecule is C1COCC[NH2+]1.CO.O=C1C(O)=C(Cl)C(=O)C([O-])=C1Cl. The molecular weight excluding hydrogens is 313 g/mol. The van der Waals surface area contributed by atoms with E-state index in [0.717, 1.165) is 33.4 Å². The zero-order valence-electron chi connectivity index (χ0n) is 10.7. The Kier molecular flexibility index (Phi) is 9.19. The highest BCUT2D eigenvalue weighted by atomic mass is 35.5. The number of quaternary nitrogens is 1. The molecule has 2 rings (SSSR count). The van der Waals surface area contributed by atoms with Crippen LogP contribution in [0.1, 0.15) is 0 Å². The Labute approximate surface area is 125 Å². The van der Waals surface area contributed by atoms with Gasteiger partial charge in [-0.2, -0.15) is 0 Å². The highest BCUT2D eigenvalue weighted by molar-refractivity contribution is 6.55. The van der Waals surface area contributed by atoms with E-state index in [2.05, 4.69) is 5.32 Å². The molecule has 0 spiro atoms. The van der Waals surface area contributed by atoms with Crippen molar-refractivity contribution < 1.29 is 35.0 Å². The van der Waals surface area contributed by atoms with E-state index in [0.29, 0.717) is 0 Å². The first-order valence-electron chi connectivity index (χ1n) is 5.56. The number of ether oxygens (including phenoxy) is 1. The van der Waals surface area contributed by atoms with Gasteiger partial charge in [-0.3, -0.25) is 9.59 Å². The molecule has 0 amide bonds. The van der Waals surface area contributed by atoms with E-state index < -0.39 is 33.1 Å². The average molecular weight is 328 g/mol. The van der Waals surface area contributed by atoms with Gasteiger partial charge in [0.15, 0.2) is 11.5 Å². The monoisotopic (exact) mass is 327 g/mol. The van der Waals surface area contributed by atoms with E-state index >= 15 is 0 Å². The van der Waals surface area contributed by atoms with Crippen molar-refractivity contribution in [1.82, 2.24) is 0 Å². The van der Waals surface area contributed by atoms with E-state index in [9.17, 15) is 14.7 Å². The maximum Gasteiger partial charge on any atom is 0.239 e. The standard InChI is InChI=1S/C6H2Cl2O4.C4H9NO.CH4O/c7-1-3(9)5(11)2(8)6(12)4(1)10;1-3-6-4-2-5-1;1-2/h9,12H;5H,1-4H2;2H,1H3. The molecule has 1 aliphatic carbocycles. The minimum Gasteiger partial charge on any atom is -0.869 e. The van der Waals surface area contributed by atoms with Crippen LogP contribution in [0.15, 0.2) is 21.6 Å². The Morgan fingerprint density at radius 3 is 1.95 bits per heavy atom. The minimum atomic E-state index is -1.19. The third-order valence-corrected chi connectivity index (χ3v) is 2.85. The third-order valence-electron chi connectivity index (χ3n) is 2.16. The average Bonchev–Trinajstić information content (AvgIpc) is 2.53. The summed E-state index contributed by atoms with van der Waals surface area (Å²) in [7, 11) is 1.00. The molecule has 0 saturated carbocycles. The van der Waals surface area contributed by atoms with Crippen LogP contribution in [0.4, 0.5) is 0 Å². The molecule has 1 fully saturated rings. The second-order valence-electron chi connectivity index (χ2n) is 3.44. The Balaban J connectivity index is 0.000000377. The van der Waals surface area contributed by atoms with Crippen molar-refractivity contribution in [3.8, 4) is 0 Å². The number of nitrogens with two attached hydrogens (primary N) is 1. The van der Waals surface area contributed by atoms with Gasteiger partial charge in [0.1, 0.15) is 5.03 Å². The number of morpholine rings is 1. The molecule has 114 valence electrons. The molecule has 1 saturated heterocycles. The number of carbonyl (C=O) groups excluding carboxylic acids is 2. The van der Waals surface area contributed by atoms with Crippen LogP contribution in [-0.4, -0.2) is 55.2 Å². The summed E-state index contributed by atoms with van der Waals surface area (Å²) in [6.45, 7) is 4.19. The Morgan fingerprint density at radius 1 is 1.10 bits per heavy atom. The van der Waals surface area contributed by atoms with Crippen LogP contribution in [0.3, 0.4) is 0 Å². The van der Waals surface area contributed by atoms with Gasteiger partial charge in [-0.25, -0.2) is 0 Å². The van der Waals surface area contributed by atoms with Crippen molar-refractivity contribution in [2.24, 2.45) is 0 Å². The number of rotatable bonds is 0. The van der Waals surface area contributed by atoms with Gasteiger partial charge in [-0.05, 0) is 5.76 Å². The number of hydrogen-bond donors (Lipinski definition) is 3. The number of ketones is 2. The molecule has 0 bridgehead atoms. The zero-order valence-corrected chi connectivity index (χ0v) is 12.2. The molecule has 0 radical (unpaired) electrons. The molecular formula is C11H15Cl2NO6. The van der Waals surface area contributed by atoms with Crippen LogP contribution in [-0.2, 0) is 14.3 Å². The van der Waals surface area contributed by atoms with Crippen molar-refractivity contribution >= 4 is 34.8 Å². The van der Waals surface area contributed by atoms with E-state index in [4.69, 9.17) is 38.2 Å². The zero-order chi connectivity index (χ0) is 15.7. The summed E-state index contributed by atoms with van der Waals surface area (Å²) < 4.78 is 5.04. The van der Waals surface area contributed by atoms with Gasteiger partial charge >= 0.3 is 0 Å². The number of Topliss-reactive ketones (excluding diaryl/α,β-unsaturated/α-hetero) is 2. The maximum atomic E-state index is 10.8. The van der Waals surface area contributed by atoms with Gasteiger partial charge in [0.05, 0.1) is 31.3 Å². The van der Waals surface area contributed by atoms with Crippen LogP contribution in [0.5, 0.6) is 0 Å². The number of halogens is 2. The fourth-order valence-electron chi connectivity index (χ4n) is 1.19. The summed E-state index contributed by atoms with van der Waals surface area (Å²) in [5.74, 6) is -4.46. The van der Waals surface area contributed by atoms with Crippen molar-refractivity contribution in [2.45, 2.75) is 0 Å². The Hall–Kier alpha value is -1.12. The summed E-state index contributed by atoms with van der Waals surface area (Å²) in [5, 5.41) is 27.2. The molecule has 0 aromatic heterocycles. The number of allylic oxidation sites excluding steroid dienone is 2. The predicted octanol–water partition coefficient (Wildman–Crippen LogP) is -1.85. The summed E-state index contributed by atoms with van der Waals surface area (Å²) in [5.41, 5.74) is 0. The molecule has 4 N–H and O–H groups in total. The highest BCUT2D eigenvalue weighted by Crippen LogP contribution is 2.24. The molecule has 0 atom stereocenters. The van der Waals surface area contributed by atoms with Crippen LogP contribution in [0.25, 0.3) is 0 Å². The highest BCUT2D eigenvalue weighted by Gasteiger charge is 2.28. The largest absolute Gasteiger partial charge is 0.869 e. The van der Waals surface area contributed by atoms with Crippen LogP contribution < -0.4 is 10.4 Å². The quantitative estimate of drug-likeness (QED) is 0.448. The fourth-order valence-corrected chi connectivity index (χ4v) is 1.54. The smallest absolute Gasteiger partial charge is 0.239 e. The molecule has 0 aromatic rings. The van der Waals surface area contributed by atoms with Gasteiger partial charge in [0.25, 0.3) is 0 Å². The lowest BCUT2D eigenvalue weighted by atomic mass is 10.1. The van der Waals surface area contributed by atoms with Gasteiger partial charge in [0.2, 0.25) is 5.78 Å². The van der Waals surface area contributed by atoms with Crippen LogP contribution in [0, 0.1) is 0 Å². The summed E-state index contributed by atoms with van der Waals surface area (Å²) in [4.78, 5) is 21.5. The third kappa shape index (κ3) is 5.10. The topological polar surface area (TPSA) is 124 Å². The lowest BCUT2D eigenvalue weighted by molar-refractivity contribution is -0.670. The summed E-state index contributed by atoms with van der Waals surface area (Å²) in [6.07, 6.45) is 0. The molecule has 9 heteroatoms. The van der Waals surface area contributed by atoms with E-state index in [1.165, 1.54) is 0 Å². The summed E-state index contributed by atoms with van der Waals surface area (Å²) >= 11 is 10.3. The van der Waals surface area contributed by atoms with Crippen molar-refractivity contribution in [1.29, 1.82) is 0 Å². The molecule has 7 nitrogen and oxygen atoms in total. The van der Waals surface area contributed by atoms with E-state index in [-0.39, 0.29) is 0 Å². The van der Waals surface area contributed by atoms with Gasteiger partial charge < -0.3 is 25.4 Å². The van der Waals surface area contributed by atoms with E-state index in [1.54, 1.807) is 0 Å². The van der Waals surface area contributed by atoms with E-state index in [1.807, 2.05) is 0 Å². The molecule has 0 aromatic carbocycles. The Morgan fingerprint density at radius 2 is 1.60 bits per heavy atom. The fraction of sp³-hybridized carbons (Fsp3) is 0.455. The van der Waals surface area contributed by atoms with Crippen molar-refractivity contribution in [3.63, 3.8) is 0 Å². The first-order valence-corrected chi connectivity index (χ1v) is 6.31. The molecule has 20 heavy (non-hydrogen) atoms. The molecule has 0 unspecified atom stereocenters. The van der Waals surface area contributed by atoms with Gasteiger partial charge in [-0.1, -0.05) is 23.2 Å². The van der Waals surface area contributed by atoms with Gasteiger partial charge in [0, 0.05) is 7.11 Å². The second-order valence-corrected chi connectivity index (χ2v) is 4.20. The number of carbonyl (C=O) groups is 2. The number of hydrogen-bond acceptors (Lipinski definition) is 6. The maximum absolute atomic E-state index is 10.8. The Bertz CT molecular complexity index is 355. The first-order chi connectivity index (χ1) is 9.46. The van der Waals surface area contributed by atoms with Crippen LogP contribution in [0.2, 0.25) is 0 Å². The summed E-state index contributed by atoms with van der Waals surface area (Å²) in [6, 6.07) is 0. The molecule has 2 aliphatic rings. The normalized spacial score (nSPS) is 19.0. The van der Waals surface area contributed by atoms with Gasteiger partial charge in [-0.15, -0.1) is 0 Å². The predicted molar refractivity (Wildman–Crippen MR) is 69.0 cm³/mol. The minimum absolute atomic E-state index is 0.783. The van der Waals surface area contributed by atoms with Crippen LogP contribution >= 0.6 is 23.2 Å². The lowest BCUT2D eigenvalue weighted by Gasteiger charge is -2.17.